The van der Waals surface area contributed by atoms with Crippen LogP contribution in [0, 0.1) is 0 Å². The Morgan fingerprint density at radius 3 is 2.35 bits per heavy atom. The van der Waals surface area contributed by atoms with Gasteiger partial charge in [0.25, 0.3) is 0 Å². The quantitative estimate of drug-likeness (QED) is 0.313. The smallest absolute Gasteiger partial charge is 0.191 e. The van der Waals surface area contributed by atoms with Crippen molar-refractivity contribution in [2.45, 2.75) is 38.7 Å². The van der Waals surface area contributed by atoms with E-state index in [-0.39, 0.29) is 29.4 Å². The first kappa shape index (κ1) is 22.9. The van der Waals surface area contributed by atoms with Crippen LogP contribution in [0.4, 0.5) is 0 Å². The van der Waals surface area contributed by atoms with Crippen molar-refractivity contribution in [1.29, 1.82) is 0 Å². The lowest BCUT2D eigenvalue weighted by molar-refractivity contribution is 0.0617. The Morgan fingerprint density at radius 2 is 1.77 bits per heavy atom. The Labute approximate surface area is 178 Å². The minimum absolute atomic E-state index is 0. The van der Waals surface area contributed by atoms with Gasteiger partial charge in [-0.05, 0) is 30.9 Å². The van der Waals surface area contributed by atoms with E-state index in [0.717, 1.165) is 18.1 Å². The first-order valence-corrected chi connectivity index (χ1v) is 9.57. The fourth-order valence-corrected chi connectivity index (χ4v) is 3.36. The third kappa shape index (κ3) is 6.55. The van der Waals surface area contributed by atoms with E-state index in [1.165, 1.54) is 4.88 Å². The fraction of sp³-hybridized carbons (Fsp3) is 0.450. The van der Waals surface area contributed by atoms with Crippen molar-refractivity contribution in [3.05, 3.63) is 58.3 Å². The second-order valence-corrected chi connectivity index (χ2v) is 8.00. The summed E-state index contributed by atoms with van der Waals surface area (Å²) >= 11 is 1.76. The lowest BCUT2D eigenvalue weighted by Gasteiger charge is -2.26. The maximum atomic E-state index is 10.7. The standard InChI is InChI=1S/C20H29N3OS.HI/c1-5-21-18(22-14-19(2,3)17-12-9-13-25-17)23-15-20(4,24)16-10-7-6-8-11-16;/h6-13,24H,5,14-15H2,1-4H3,(H2,21,22,23);1H. The normalized spacial score (nSPS) is 14.3. The van der Waals surface area contributed by atoms with Gasteiger partial charge in [0.2, 0.25) is 0 Å². The molecule has 0 aliphatic carbocycles. The predicted molar refractivity (Wildman–Crippen MR) is 123 cm³/mol. The van der Waals surface area contributed by atoms with Crippen LogP contribution < -0.4 is 10.6 Å². The highest BCUT2D eigenvalue weighted by atomic mass is 127. The molecule has 0 saturated heterocycles. The first-order chi connectivity index (χ1) is 11.8. The predicted octanol–water partition coefficient (Wildman–Crippen LogP) is 4.11. The average molecular weight is 487 g/mol. The van der Waals surface area contributed by atoms with Gasteiger partial charge in [-0.25, -0.2) is 0 Å². The number of nitrogens with one attached hydrogen (secondary N) is 2. The highest BCUT2D eigenvalue weighted by Crippen LogP contribution is 2.27. The molecule has 0 saturated carbocycles. The van der Waals surface area contributed by atoms with Crippen molar-refractivity contribution in [3.8, 4) is 0 Å². The number of aliphatic hydroxyl groups is 1. The van der Waals surface area contributed by atoms with Crippen LogP contribution in [0.5, 0.6) is 0 Å². The molecule has 144 valence electrons. The molecule has 1 aromatic carbocycles. The molecule has 1 heterocycles. The maximum absolute atomic E-state index is 10.7. The SMILES string of the molecule is CCNC(=NCC(C)(C)c1cccs1)NCC(C)(O)c1ccccc1.I. The third-order valence-corrected chi connectivity index (χ3v) is 5.40. The largest absolute Gasteiger partial charge is 0.384 e. The molecule has 2 rings (SSSR count). The van der Waals surface area contributed by atoms with Gasteiger partial charge in [0, 0.05) is 16.8 Å². The molecule has 0 radical (unpaired) electrons. The number of guanidine groups is 1. The summed E-state index contributed by atoms with van der Waals surface area (Å²) in [6, 6.07) is 13.9. The zero-order valence-electron chi connectivity index (χ0n) is 16.0. The lowest BCUT2D eigenvalue weighted by atomic mass is 9.92. The van der Waals surface area contributed by atoms with Crippen LogP contribution in [0.1, 0.15) is 38.1 Å². The Bertz CT molecular complexity index is 670. The van der Waals surface area contributed by atoms with Gasteiger partial charge in [-0.15, -0.1) is 35.3 Å². The van der Waals surface area contributed by atoms with Crippen molar-refractivity contribution in [3.63, 3.8) is 0 Å². The second kappa shape index (κ2) is 10.3. The summed E-state index contributed by atoms with van der Waals surface area (Å²) in [7, 11) is 0. The molecule has 0 aliphatic heterocycles. The molecule has 4 nitrogen and oxygen atoms in total. The van der Waals surface area contributed by atoms with E-state index < -0.39 is 5.60 Å². The topological polar surface area (TPSA) is 56.7 Å². The van der Waals surface area contributed by atoms with Crippen LogP contribution in [0.25, 0.3) is 0 Å². The van der Waals surface area contributed by atoms with Gasteiger partial charge in [0.1, 0.15) is 5.60 Å². The molecule has 0 amide bonds. The zero-order valence-corrected chi connectivity index (χ0v) is 19.1. The van der Waals surface area contributed by atoms with Crippen LogP contribution in [0.2, 0.25) is 0 Å². The van der Waals surface area contributed by atoms with Gasteiger partial charge in [-0.3, -0.25) is 4.99 Å². The van der Waals surface area contributed by atoms with Crippen LogP contribution >= 0.6 is 35.3 Å². The van der Waals surface area contributed by atoms with E-state index in [0.29, 0.717) is 13.1 Å². The summed E-state index contributed by atoms with van der Waals surface area (Å²) < 4.78 is 0. The summed E-state index contributed by atoms with van der Waals surface area (Å²) in [6.07, 6.45) is 0. The summed E-state index contributed by atoms with van der Waals surface area (Å²) in [4.78, 5) is 6.05. The molecular weight excluding hydrogens is 457 g/mol. The number of thiophene rings is 1. The van der Waals surface area contributed by atoms with E-state index in [4.69, 9.17) is 4.99 Å². The average Bonchev–Trinajstić information content (AvgIpc) is 3.14. The molecule has 1 atom stereocenters. The summed E-state index contributed by atoms with van der Waals surface area (Å²) in [5.74, 6) is 0.725. The minimum Gasteiger partial charge on any atom is -0.384 e. The van der Waals surface area contributed by atoms with E-state index in [2.05, 4.69) is 42.0 Å². The number of rotatable bonds is 7. The van der Waals surface area contributed by atoms with Crippen LogP contribution in [0.15, 0.2) is 52.8 Å². The highest BCUT2D eigenvalue weighted by molar-refractivity contribution is 14.0. The number of hydrogen-bond donors (Lipinski definition) is 3. The van der Waals surface area contributed by atoms with Gasteiger partial charge in [0.05, 0.1) is 13.1 Å². The monoisotopic (exact) mass is 487 g/mol. The van der Waals surface area contributed by atoms with E-state index in [1.807, 2.05) is 44.2 Å². The molecule has 1 unspecified atom stereocenters. The molecule has 6 heteroatoms. The number of benzene rings is 1. The van der Waals surface area contributed by atoms with Crippen molar-refractivity contribution in [1.82, 2.24) is 10.6 Å². The summed E-state index contributed by atoms with van der Waals surface area (Å²) in [6.45, 7) is 10.1. The zero-order chi connectivity index (χ0) is 18.3. The molecule has 3 N–H and O–H groups in total. The molecule has 26 heavy (non-hydrogen) atoms. The van der Waals surface area contributed by atoms with Gasteiger partial charge >= 0.3 is 0 Å². The molecular formula is C20H30IN3OS. The van der Waals surface area contributed by atoms with Gasteiger partial charge in [0.15, 0.2) is 5.96 Å². The van der Waals surface area contributed by atoms with Gasteiger partial charge < -0.3 is 15.7 Å². The van der Waals surface area contributed by atoms with Crippen LogP contribution in [-0.2, 0) is 11.0 Å². The van der Waals surface area contributed by atoms with Crippen molar-refractivity contribution >= 4 is 41.3 Å². The summed E-state index contributed by atoms with van der Waals surface area (Å²) in [5, 5.41) is 19.4. The molecule has 0 fully saturated rings. The van der Waals surface area contributed by atoms with Gasteiger partial charge in [-0.2, -0.15) is 0 Å². The summed E-state index contributed by atoms with van der Waals surface area (Å²) in [5.41, 5.74) is -0.0867. The van der Waals surface area contributed by atoms with Crippen molar-refractivity contribution in [2.75, 3.05) is 19.6 Å². The Morgan fingerprint density at radius 1 is 1.08 bits per heavy atom. The van der Waals surface area contributed by atoms with Gasteiger partial charge in [-0.1, -0.05) is 50.2 Å². The Hall–Kier alpha value is -1.12. The number of nitrogens with zero attached hydrogens (tertiary/aromatic N) is 1. The number of halogens is 1. The molecule has 0 spiro atoms. The third-order valence-electron chi connectivity index (χ3n) is 4.16. The molecule has 2 aromatic rings. The van der Waals surface area contributed by atoms with Crippen molar-refractivity contribution in [2.24, 2.45) is 4.99 Å². The lowest BCUT2D eigenvalue weighted by Crippen LogP contribution is -2.45. The fourth-order valence-electron chi connectivity index (χ4n) is 2.52. The van der Waals surface area contributed by atoms with Crippen LogP contribution in [-0.4, -0.2) is 30.7 Å². The first-order valence-electron chi connectivity index (χ1n) is 8.69. The maximum Gasteiger partial charge on any atom is 0.191 e. The van der Waals surface area contributed by atoms with E-state index >= 15 is 0 Å². The molecule has 1 aromatic heterocycles. The van der Waals surface area contributed by atoms with E-state index in [1.54, 1.807) is 11.3 Å². The number of aliphatic imine (C=N–C) groups is 1. The van der Waals surface area contributed by atoms with Crippen LogP contribution in [0.3, 0.4) is 0 Å². The van der Waals surface area contributed by atoms with Crippen molar-refractivity contribution < 1.29 is 5.11 Å². The second-order valence-electron chi connectivity index (χ2n) is 7.05. The number of hydrogen-bond acceptors (Lipinski definition) is 3. The minimum atomic E-state index is -0.958. The molecule has 0 bridgehead atoms. The Kier molecular flexibility index (Phi) is 9.06. The van der Waals surface area contributed by atoms with E-state index in [9.17, 15) is 5.11 Å². The molecule has 0 aliphatic rings. The highest BCUT2D eigenvalue weighted by Gasteiger charge is 2.24. The Balaban J connectivity index is 0.00000338.